The molecule has 0 spiro atoms. The van der Waals surface area contributed by atoms with Gasteiger partial charge >= 0.3 is 0 Å². The van der Waals surface area contributed by atoms with Crippen LogP contribution in [0.2, 0.25) is 0 Å². The average molecular weight is 247 g/mol. The molecule has 1 N–H and O–H groups in total. The predicted molar refractivity (Wildman–Crippen MR) is 76.0 cm³/mol. The second kappa shape index (κ2) is 5.75. The summed E-state index contributed by atoms with van der Waals surface area (Å²) in [4.78, 5) is 2.43. The van der Waals surface area contributed by atoms with Gasteiger partial charge < -0.3 is 10.0 Å². The van der Waals surface area contributed by atoms with Crippen molar-refractivity contribution in [2.24, 2.45) is 0 Å². The van der Waals surface area contributed by atoms with E-state index in [2.05, 4.69) is 24.9 Å². The van der Waals surface area contributed by atoms with Crippen LogP contribution in [-0.2, 0) is 5.41 Å². The number of benzene rings is 1. The van der Waals surface area contributed by atoms with Crippen LogP contribution < -0.4 is 0 Å². The molecule has 1 unspecified atom stereocenters. The zero-order valence-electron chi connectivity index (χ0n) is 11.7. The van der Waals surface area contributed by atoms with Crippen molar-refractivity contribution >= 4 is 0 Å². The minimum Gasteiger partial charge on any atom is -0.508 e. The molecule has 1 heterocycles. The molecular weight excluding hydrogens is 222 g/mol. The molecule has 0 saturated carbocycles. The first kappa shape index (κ1) is 13.4. The van der Waals surface area contributed by atoms with E-state index in [1.54, 1.807) is 6.07 Å². The fourth-order valence-electron chi connectivity index (χ4n) is 3.33. The van der Waals surface area contributed by atoms with E-state index in [0.717, 1.165) is 6.54 Å². The largest absolute Gasteiger partial charge is 0.508 e. The van der Waals surface area contributed by atoms with Gasteiger partial charge in [-0.3, -0.25) is 0 Å². The van der Waals surface area contributed by atoms with Crippen LogP contribution in [0.5, 0.6) is 5.75 Å². The molecule has 100 valence electrons. The van der Waals surface area contributed by atoms with Gasteiger partial charge in [-0.2, -0.15) is 0 Å². The average Bonchev–Trinajstić information content (AvgIpc) is 2.53. The Bertz CT molecular complexity index is 390. The number of likely N-dealkylation sites (tertiary alicyclic amines) is 1. The number of phenols is 1. The van der Waals surface area contributed by atoms with Crippen molar-refractivity contribution in [3.63, 3.8) is 0 Å². The Morgan fingerprint density at radius 1 is 1.28 bits per heavy atom. The van der Waals surface area contributed by atoms with Gasteiger partial charge in [0.1, 0.15) is 5.75 Å². The molecule has 0 bridgehead atoms. The van der Waals surface area contributed by atoms with E-state index in [1.807, 2.05) is 12.1 Å². The van der Waals surface area contributed by atoms with Gasteiger partial charge in [0.05, 0.1) is 0 Å². The van der Waals surface area contributed by atoms with Gasteiger partial charge in [-0.15, -0.1) is 0 Å². The normalized spacial score (nSPS) is 25.9. The fraction of sp³-hybridized carbons (Fsp3) is 0.625. The van der Waals surface area contributed by atoms with E-state index >= 15 is 0 Å². The van der Waals surface area contributed by atoms with E-state index in [1.165, 1.54) is 44.2 Å². The number of hydrogen-bond donors (Lipinski definition) is 1. The Morgan fingerprint density at radius 3 is 2.83 bits per heavy atom. The summed E-state index contributed by atoms with van der Waals surface area (Å²) in [7, 11) is 2.21. The SMILES string of the molecule is CCCC1(c2cccc(O)c2)CCCN(C)CC1. The van der Waals surface area contributed by atoms with Crippen LogP contribution in [0.15, 0.2) is 24.3 Å². The van der Waals surface area contributed by atoms with Crippen molar-refractivity contribution in [2.75, 3.05) is 20.1 Å². The third-order valence-electron chi connectivity index (χ3n) is 4.35. The Balaban J connectivity index is 2.30. The molecule has 2 heteroatoms. The molecular formula is C16H25NO. The van der Waals surface area contributed by atoms with Crippen LogP contribution in [0.25, 0.3) is 0 Å². The molecule has 1 aliphatic rings. The first-order valence-electron chi connectivity index (χ1n) is 7.14. The molecule has 1 saturated heterocycles. The maximum Gasteiger partial charge on any atom is 0.115 e. The lowest BCUT2D eigenvalue weighted by Gasteiger charge is -2.33. The lowest BCUT2D eigenvalue weighted by Crippen LogP contribution is -2.28. The maximum absolute atomic E-state index is 9.74. The minimum atomic E-state index is 0.276. The molecule has 1 atom stereocenters. The van der Waals surface area contributed by atoms with Crippen LogP contribution in [0.4, 0.5) is 0 Å². The van der Waals surface area contributed by atoms with Gasteiger partial charge in [-0.05, 0) is 68.9 Å². The van der Waals surface area contributed by atoms with Crippen molar-refractivity contribution in [3.05, 3.63) is 29.8 Å². The first-order chi connectivity index (χ1) is 8.66. The predicted octanol–water partition coefficient (Wildman–Crippen LogP) is 3.55. The second-order valence-corrected chi connectivity index (χ2v) is 5.74. The number of aromatic hydroxyl groups is 1. The molecule has 0 radical (unpaired) electrons. The molecule has 1 aromatic rings. The molecule has 18 heavy (non-hydrogen) atoms. The summed E-state index contributed by atoms with van der Waals surface area (Å²) in [6.07, 6.45) is 6.14. The van der Waals surface area contributed by atoms with Gasteiger partial charge in [-0.25, -0.2) is 0 Å². The minimum absolute atomic E-state index is 0.276. The number of phenolic OH excluding ortho intramolecular Hbond substituents is 1. The summed E-state index contributed by atoms with van der Waals surface area (Å²) in [5, 5.41) is 9.74. The molecule has 0 aromatic heterocycles. The molecule has 2 nitrogen and oxygen atoms in total. The topological polar surface area (TPSA) is 23.5 Å². The van der Waals surface area contributed by atoms with Crippen LogP contribution in [0.1, 0.15) is 44.6 Å². The zero-order chi connectivity index (χ0) is 13.0. The molecule has 2 rings (SSSR count). The third kappa shape index (κ3) is 2.86. The van der Waals surface area contributed by atoms with E-state index in [-0.39, 0.29) is 5.41 Å². The molecule has 1 fully saturated rings. The lowest BCUT2D eigenvalue weighted by atomic mass is 9.71. The Hall–Kier alpha value is -1.02. The maximum atomic E-state index is 9.74. The van der Waals surface area contributed by atoms with Gasteiger partial charge in [0.2, 0.25) is 0 Å². The second-order valence-electron chi connectivity index (χ2n) is 5.74. The molecule has 0 amide bonds. The summed E-state index contributed by atoms with van der Waals surface area (Å²) in [5.41, 5.74) is 1.61. The van der Waals surface area contributed by atoms with Crippen molar-refractivity contribution in [1.82, 2.24) is 4.90 Å². The number of rotatable bonds is 3. The van der Waals surface area contributed by atoms with Gasteiger partial charge in [-0.1, -0.05) is 25.5 Å². The quantitative estimate of drug-likeness (QED) is 0.883. The van der Waals surface area contributed by atoms with Crippen LogP contribution in [0.3, 0.4) is 0 Å². The number of nitrogens with zero attached hydrogens (tertiary/aromatic N) is 1. The highest BCUT2D eigenvalue weighted by molar-refractivity contribution is 5.33. The third-order valence-corrected chi connectivity index (χ3v) is 4.35. The Kier molecular flexibility index (Phi) is 4.28. The van der Waals surface area contributed by atoms with Crippen molar-refractivity contribution in [2.45, 2.75) is 44.4 Å². The highest BCUT2D eigenvalue weighted by Gasteiger charge is 2.33. The summed E-state index contributed by atoms with van der Waals surface area (Å²) in [6.45, 7) is 4.62. The van der Waals surface area contributed by atoms with Crippen LogP contribution >= 0.6 is 0 Å². The van der Waals surface area contributed by atoms with E-state index in [4.69, 9.17) is 0 Å². The molecule has 1 aromatic carbocycles. The van der Waals surface area contributed by atoms with Crippen LogP contribution in [0, 0.1) is 0 Å². The summed E-state index contributed by atoms with van der Waals surface area (Å²) >= 11 is 0. The zero-order valence-corrected chi connectivity index (χ0v) is 11.7. The smallest absolute Gasteiger partial charge is 0.115 e. The summed E-state index contributed by atoms with van der Waals surface area (Å²) in [6, 6.07) is 7.92. The standard InChI is InChI=1S/C16H25NO/c1-3-8-16(9-5-11-17(2)12-10-16)14-6-4-7-15(18)13-14/h4,6-7,13,18H,3,5,8-12H2,1-2H3. The first-order valence-corrected chi connectivity index (χ1v) is 7.14. The summed E-state index contributed by atoms with van der Waals surface area (Å²) in [5.74, 6) is 0.403. The monoisotopic (exact) mass is 247 g/mol. The van der Waals surface area contributed by atoms with Gasteiger partial charge in [0, 0.05) is 0 Å². The Morgan fingerprint density at radius 2 is 2.11 bits per heavy atom. The fourth-order valence-corrected chi connectivity index (χ4v) is 3.33. The van der Waals surface area contributed by atoms with Gasteiger partial charge in [0.15, 0.2) is 0 Å². The highest BCUT2D eigenvalue weighted by atomic mass is 16.3. The summed E-state index contributed by atoms with van der Waals surface area (Å²) < 4.78 is 0. The van der Waals surface area contributed by atoms with E-state index in [0.29, 0.717) is 5.75 Å². The van der Waals surface area contributed by atoms with Gasteiger partial charge in [0.25, 0.3) is 0 Å². The van der Waals surface area contributed by atoms with Crippen molar-refractivity contribution in [3.8, 4) is 5.75 Å². The molecule has 1 aliphatic heterocycles. The van der Waals surface area contributed by atoms with Crippen molar-refractivity contribution in [1.29, 1.82) is 0 Å². The Labute approximate surface area is 111 Å². The van der Waals surface area contributed by atoms with Crippen LogP contribution in [-0.4, -0.2) is 30.1 Å². The molecule has 0 aliphatic carbocycles. The van der Waals surface area contributed by atoms with E-state index < -0.39 is 0 Å². The van der Waals surface area contributed by atoms with E-state index in [9.17, 15) is 5.11 Å². The highest BCUT2D eigenvalue weighted by Crippen LogP contribution is 2.40. The van der Waals surface area contributed by atoms with Crippen molar-refractivity contribution < 1.29 is 5.11 Å². The number of hydrogen-bond acceptors (Lipinski definition) is 2. The lowest BCUT2D eigenvalue weighted by molar-refractivity contribution is 0.312.